The van der Waals surface area contributed by atoms with Crippen LogP contribution in [0, 0.1) is 0 Å². The van der Waals surface area contributed by atoms with Crippen LogP contribution in [-0.4, -0.2) is 61.7 Å². The summed E-state index contributed by atoms with van der Waals surface area (Å²) in [6.45, 7) is 1.79. The van der Waals surface area contributed by atoms with Crippen molar-refractivity contribution in [2.45, 2.75) is 13.0 Å². The van der Waals surface area contributed by atoms with E-state index in [2.05, 4.69) is 10.6 Å². The number of carbonyl (C=O) groups excluding carboxylic acids is 3. The Morgan fingerprint density at radius 3 is 2.13 bits per heavy atom. The molecule has 1 unspecified atom stereocenters. The zero-order valence-electron chi connectivity index (χ0n) is 16.5. The molecule has 0 saturated carbocycles. The van der Waals surface area contributed by atoms with Gasteiger partial charge in [0.1, 0.15) is 6.04 Å². The van der Waals surface area contributed by atoms with Gasteiger partial charge in [-0.05, 0) is 37.3 Å². The molecule has 1 fully saturated rings. The molecule has 0 radical (unpaired) electrons. The van der Waals surface area contributed by atoms with Crippen molar-refractivity contribution in [1.29, 1.82) is 0 Å². The topological polar surface area (TPSA) is 113 Å². The number of rotatable bonds is 5. The monoisotopic (exact) mass is 429 g/mol. The van der Waals surface area contributed by atoms with Crippen LogP contribution in [0.3, 0.4) is 0 Å². The van der Waals surface area contributed by atoms with Crippen LogP contribution in [-0.2, 0) is 14.6 Å². The number of benzene rings is 2. The molecule has 1 aliphatic rings. The highest BCUT2D eigenvalue weighted by atomic mass is 32.2. The lowest BCUT2D eigenvalue weighted by molar-refractivity contribution is -0.132. The number of nitrogens with one attached hydrogen (secondary N) is 2. The van der Waals surface area contributed by atoms with E-state index in [4.69, 9.17) is 0 Å². The summed E-state index contributed by atoms with van der Waals surface area (Å²) in [7, 11) is -3.10. The number of nitrogens with zero attached hydrogens (tertiary/aromatic N) is 1. The molecule has 3 amide bonds. The van der Waals surface area contributed by atoms with Crippen LogP contribution in [0.1, 0.15) is 27.6 Å². The highest BCUT2D eigenvalue weighted by Gasteiger charge is 2.28. The maximum Gasteiger partial charge on any atom is 0.255 e. The van der Waals surface area contributed by atoms with Crippen LogP contribution in [0.5, 0.6) is 0 Å². The van der Waals surface area contributed by atoms with Crippen molar-refractivity contribution in [2.75, 3.05) is 29.9 Å². The van der Waals surface area contributed by atoms with E-state index >= 15 is 0 Å². The first-order chi connectivity index (χ1) is 14.2. The van der Waals surface area contributed by atoms with Crippen molar-refractivity contribution in [3.8, 4) is 0 Å². The van der Waals surface area contributed by atoms with Gasteiger partial charge in [0.25, 0.3) is 11.8 Å². The van der Waals surface area contributed by atoms with Crippen LogP contribution in [0.4, 0.5) is 5.69 Å². The van der Waals surface area contributed by atoms with E-state index in [1.807, 2.05) is 6.07 Å². The third kappa shape index (κ3) is 5.44. The van der Waals surface area contributed by atoms with E-state index < -0.39 is 21.8 Å². The predicted octanol–water partition coefficient (Wildman–Crippen LogP) is 1.31. The normalized spacial score (nSPS) is 16.4. The Morgan fingerprint density at radius 2 is 1.50 bits per heavy atom. The maximum absolute atomic E-state index is 12.6. The van der Waals surface area contributed by atoms with Gasteiger partial charge in [0.15, 0.2) is 9.84 Å². The Morgan fingerprint density at radius 1 is 0.900 bits per heavy atom. The summed E-state index contributed by atoms with van der Waals surface area (Å²) in [5, 5.41) is 5.37. The first-order valence-electron chi connectivity index (χ1n) is 9.52. The molecule has 0 spiro atoms. The molecule has 9 heteroatoms. The fourth-order valence-electron chi connectivity index (χ4n) is 3.07. The summed E-state index contributed by atoms with van der Waals surface area (Å²) < 4.78 is 23.0. The maximum atomic E-state index is 12.6. The minimum atomic E-state index is -3.10. The van der Waals surface area contributed by atoms with Gasteiger partial charge in [0.05, 0.1) is 11.5 Å². The molecular formula is C21H23N3O5S. The van der Waals surface area contributed by atoms with E-state index in [0.717, 1.165) is 0 Å². The second-order valence-electron chi connectivity index (χ2n) is 7.07. The standard InChI is InChI=1S/C21H23N3O5S/c1-15(21(27)24-10-12-30(28,29)13-11-24)22-19(25)16-6-5-7-17(14-16)20(26)23-18-8-3-2-4-9-18/h2-9,14-15H,10-13H2,1H3,(H,22,25)(H,23,26). The van der Waals surface area contributed by atoms with Crippen LogP contribution in [0.15, 0.2) is 54.6 Å². The Kier molecular flexibility index (Phi) is 6.51. The summed E-state index contributed by atoms with van der Waals surface area (Å²) in [6.07, 6.45) is 0. The number of hydrogen-bond donors (Lipinski definition) is 2. The first-order valence-corrected chi connectivity index (χ1v) is 11.3. The molecule has 2 aromatic rings. The third-order valence-electron chi connectivity index (χ3n) is 4.79. The Hall–Kier alpha value is -3.20. The summed E-state index contributed by atoms with van der Waals surface area (Å²) in [5.74, 6) is -1.32. The third-order valence-corrected chi connectivity index (χ3v) is 6.40. The Balaban J connectivity index is 1.62. The molecule has 1 atom stereocenters. The average molecular weight is 429 g/mol. The van der Waals surface area contributed by atoms with Gasteiger partial charge < -0.3 is 15.5 Å². The average Bonchev–Trinajstić information content (AvgIpc) is 2.74. The zero-order chi connectivity index (χ0) is 21.7. The molecular weight excluding hydrogens is 406 g/mol. The van der Waals surface area contributed by atoms with E-state index in [9.17, 15) is 22.8 Å². The van der Waals surface area contributed by atoms with Crippen molar-refractivity contribution >= 4 is 33.2 Å². The second kappa shape index (κ2) is 9.08. The van der Waals surface area contributed by atoms with Crippen molar-refractivity contribution in [2.24, 2.45) is 0 Å². The molecule has 0 aliphatic carbocycles. The number of para-hydroxylation sites is 1. The van der Waals surface area contributed by atoms with Crippen molar-refractivity contribution < 1.29 is 22.8 Å². The number of carbonyl (C=O) groups is 3. The molecule has 2 N–H and O–H groups in total. The van der Waals surface area contributed by atoms with Crippen LogP contribution < -0.4 is 10.6 Å². The van der Waals surface area contributed by atoms with Gasteiger partial charge >= 0.3 is 0 Å². The van der Waals surface area contributed by atoms with E-state index in [-0.39, 0.29) is 42.0 Å². The van der Waals surface area contributed by atoms with Gasteiger partial charge in [0, 0.05) is 29.9 Å². The molecule has 1 saturated heterocycles. The van der Waals surface area contributed by atoms with Crippen molar-refractivity contribution in [3.05, 3.63) is 65.7 Å². The van der Waals surface area contributed by atoms with Crippen LogP contribution in [0.2, 0.25) is 0 Å². The summed E-state index contributed by atoms with van der Waals surface area (Å²) in [5.41, 5.74) is 1.20. The molecule has 1 aliphatic heterocycles. The predicted molar refractivity (Wildman–Crippen MR) is 113 cm³/mol. The largest absolute Gasteiger partial charge is 0.341 e. The lowest BCUT2D eigenvalue weighted by Gasteiger charge is -2.29. The van der Waals surface area contributed by atoms with E-state index in [1.165, 1.54) is 11.0 Å². The summed E-state index contributed by atoms with van der Waals surface area (Å²) >= 11 is 0. The number of hydrogen-bond acceptors (Lipinski definition) is 5. The highest BCUT2D eigenvalue weighted by molar-refractivity contribution is 7.91. The minimum Gasteiger partial charge on any atom is -0.341 e. The van der Waals surface area contributed by atoms with Gasteiger partial charge in [-0.3, -0.25) is 14.4 Å². The first kappa shape index (κ1) is 21.5. The molecule has 8 nitrogen and oxygen atoms in total. The lowest BCUT2D eigenvalue weighted by Crippen LogP contribution is -2.51. The highest BCUT2D eigenvalue weighted by Crippen LogP contribution is 2.11. The smallest absolute Gasteiger partial charge is 0.255 e. The van der Waals surface area contributed by atoms with Gasteiger partial charge in [-0.2, -0.15) is 0 Å². The second-order valence-corrected chi connectivity index (χ2v) is 9.38. The molecule has 158 valence electrons. The number of amides is 3. The van der Waals surface area contributed by atoms with Crippen molar-refractivity contribution in [1.82, 2.24) is 10.2 Å². The summed E-state index contributed by atoms with van der Waals surface area (Å²) in [6, 6.07) is 14.3. The summed E-state index contributed by atoms with van der Waals surface area (Å²) in [4.78, 5) is 38.9. The molecule has 0 aromatic heterocycles. The van der Waals surface area contributed by atoms with Gasteiger partial charge in [0.2, 0.25) is 5.91 Å². The minimum absolute atomic E-state index is 0.0715. The molecule has 30 heavy (non-hydrogen) atoms. The number of sulfone groups is 1. The fourth-order valence-corrected chi connectivity index (χ4v) is 4.28. The van der Waals surface area contributed by atoms with Crippen molar-refractivity contribution in [3.63, 3.8) is 0 Å². The molecule has 2 aromatic carbocycles. The van der Waals surface area contributed by atoms with E-state index in [1.54, 1.807) is 49.4 Å². The van der Waals surface area contributed by atoms with Gasteiger partial charge in [-0.1, -0.05) is 24.3 Å². The number of anilines is 1. The van der Waals surface area contributed by atoms with Crippen LogP contribution >= 0.6 is 0 Å². The Labute approximate surface area is 175 Å². The molecule has 0 bridgehead atoms. The zero-order valence-corrected chi connectivity index (χ0v) is 17.3. The quantitative estimate of drug-likeness (QED) is 0.744. The molecule has 1 heterocycles. The van der Waals surface area contributed by atoms with Gasteiger partial charge in [-0.25, -0.2) is 8.42 Å². The van der Waals surface area contributed by atoms with E-state index in [0.29, 0.717) is 11.3 Å². The molecule has 3 rings (SSSR count). The SMILES string of the molecule is CC(NC(=O)c1cccc(C(=O)Nc2ccccc2)c1)C(=O)N1CCS(=O)(=O)CC1. The fraction of sp³-hybridized carbons (Fsp3) is 0.286. The van der Waals surface area contributed by atoms with Gasteiger partial charge in [-0.15, -0.1) is 0 Å². The van der Waals surface area contributed by atoms with Crippen LogP contribution in [0.25, 0.3) is 0 Å². The lowest BCUT2D eigenvalue weighted by atomic mass is 10.1. The Bertz CT molecular complexity index is 1040.